The van der Waals surface area contributed by atoms with Crippen molar-refractivity contribution in [1.82, 2.24) is 14.5 Å². The first-order chi connectivity index (χ1) is 17.3. The molecule has 1 aliphatic carbocycles. The van der Waals surface area contributed by atoms with Gasteiger partial charge in [0.1, 0.15) is 5.69 Å². The van der Waals surface area contributed by atoms with E-state index in [-0.39, 0.29) is 30.5 Å². The molecule has 5 rings (SSSR count). The number of hydrogen-bond donors (Lipinski definition) is 1. The van der Waals surface area contributed by atoms with Gasteiger partial charge in [-0.05, 0) is 30.5 Å². The van der Waals surface area contributed by atoms with Gasteiger partial charge >= 0.3 is 5.97 Å². The van der Waals surface area contributed by atoms with Crippen molar-refractivity contribution < 1.29 is 19.1 Å². The van der Waals surface area contributed by atoms with Crippen molar-refractivity contribution in [3.63, 3.8) is 0 Å². The first-order valence-electron chi connectivity index (χ1n) is 11.6. The highest BCUT2D eigenvalue weighted by molar-refractivity contribution is 6.06. The third-order valence-electron chi connectivity index (χ3n) is 6.53. The van der Waals surface area contributed by atoms with Crippen molar-refractivity contribution in [3.05, 3.63) is 84.6 Å². The number of amides is 2. The van der Waals surface area contributed by atoms with Crippen LogP contribution in [0.15, 0.2) is 73.2 Å². The minimum absolute atomic E-state index is 0.121. The standard InChI is InChI=1S/C27H25N5O4/c1-17-7-5-11-22(30-17)25(34)36-27(26(28)35)13-20(14-27)31-15-24(29-16-31)32(18(2)33)23-12-6-9-19-8-3-4-10-21(19)23/h3-12,15-16,20H,13-14H2,1-2H3,(H2,28,35). The van der Waals surface area contributed by atoms with E-state index in [1.807, 2.05) is 47.0 Å². The summed E-state index contributed by atoms with van der Waals surface area (Å²) in [4.78, 5) is 47.8. The minimum Gasteiger partial charge on any atom is -0.444 e. The van der Waals surface area contributed by atoms with Crippen molar-refractivity contribution in [1.29, 1.82) is 0 Å². The zero-order valence-corrected chi connectivity index (χ0v) is 19.9. The van der Waals surface area contributed by atoms with Gasteiger partial charge in [-0.2, -0.15) is 0 Å². The molecule has 4 aromatic rings. The molecule has 1 fully saturated rings. The van der Waals surface area contributed by atoms with Crippen LogP contribution in [-0.4, -0.2) is 37.9 Å². The zero-order valence-electron chi connectivity index (χ0n) is 19.9. The van der Waals surface area contributed by atoms with Crippen LogP contribution in [0.3, 0.4) is 0 Å². The second-order valence-electron chi connectivity index (χ2n) is 9.01. The summed E-state index contributed by atoms with van der Waals surface area (Å²) >= 11 is 0. The van der Waals surface area contributed by atoms with E-state index in [0.29, 0.717) is 11.5 Å². The Kier molecular flexibility index (Phi) is 5.75. The molecule has 0 spiro atoms. The van der Waals surface area contributed by atoms with Crippen LogP contribution in [-0.2, 0) is 14.3 Å². The molecule has 9 nitrogen and oxygen atoms in total. The van der Waals surface area contributed by atoms with Crippen LogP contribution in [0.5, 0.6) is 0 Å². The highest BCUT2D eigenvalue weighted by Gasteiger charge is 2.53. The maximum atomic E-state index is 12.7. The van der Waals surface area contributed by atoms with Gasteiger partial charge < -0.3 is 15.0 Å². The minimum atomic E-state index is -1.42. The van der Waals surface area contributed by atoms with Crippen molar-refractivity contribution in [3.8, 4) is 0 Å². The third-order valence-corrected chi connectivity index (χ3v) is 6.53. The second kappa shape index (κ2) is 8.92. The molecule has 9 heteroatoms. The number of aryl methyl sites for hydroxylation is 1. The summed E-state index contributed by atoms with van der Waals surface area (Å²) in [6.45, 7) is 3.25. The van der Waals surface area contributed by atoms with E-state index in [4.69, 9.17) is 10.5 Å². The average Bonchev–Trinajstić information content (AvgIpc) is 3.30. The topological polar surface area (TPSA) is 120 Å². The van der Waals surface area contributed by atoms with Gasteiger partial charge in [-0.1, -0.05) is 42.5 Å². The maximum Gasteiger partial charge on any atom is 0.357 e. The fourth-order valence-corrected chi connectivity index (χ4v) is 4.63. The molecular weight excluding hydrogens is 458 g/mol. The van der Waals surface area contributed by atoms with Crippen LogP contribution in [0.2, 0.25) is 0 Å². The molecule has 1 saturated carbocycles. The number of aromatic nitrogens is 3. The van der Waals surface area contributed by atoms with E-state index in [2.05, 4.69) is 9.97 Å². The molecule has 2 N–H and O–H groups in total. The van der Waals surface area contributed by atoms with E-state index in [1.54, 1.807) is 36.5 Å². The number of anilines is 2. The van der Waals surface area contributed by atoms with Crippen LogP contribution < -0.4 is 10.6 Å². The van der Waals surface area contributed by atoms with Gasteiger partial charge in [-0.15, -0.1) is 0 Å². The Morgan fingerprint density at radius 3 is 2.50 bits per heavy atom. The molecule has 2 aromatic heterocycles. The molecule has 0 atom stereocenters. The number of pyridine rings is 1. The molecule has 1 aliphatic rings. The van der Waals surface area contributed by atoms with Crippen molar-refractivity contribution >= 4 is 40.1 Å². The number of benzene rings is 2. The van der Waals surface area contributed by atoms with Gasteiger partial charge in [0.05, 0.1) is 12.0 Å². The quantitative estimate of drug-likeness (QED) is 0.416. The van der Waals surface area contributed by atoms with E-state index < -0.39 is 17.5 Å². The summed E-state index contributed by atoms with van der Waals surface area (Å²) in [6, 6.07) is 18.4. The fourth-order valence-electron chi connectivity index (χ4n) is 4.63. The largest absolute Gasteiger partial charge is 0.444 e. The van der Waals surface area contributed by atoms with Gasteiger partial charge in [0.25, 0.3) is 5.91 Å². The van der Waals surface area contributed by atoms with Crippen LogP contribution in [0.1, 0.15) is 42.0 Å². The van der Waals surface area contributed by atoms with Gasteiger partial charge in [0.15, 0.2) is 11.4 Å². The number of rotatable bonds is 6. The molecule has 0 bridgehead atoms. The van der Waals surface area contributed by atoms with Crippen molar-refractivity contribution in [2.24, 2.45) is 5.73 Å². The Morgan fingerprint density at radius 1 is 1.06 bits per heavy atom. The second-order valence-corrected chi connectivity index (χ2v) is 9.01. The number of nitrogens with zero attached hydrogens (tertiary/aromatic N) is 4. The number of hydrogen-bond acceptors (Lipinski definition) is 6. The molecule has 0 unspecified atom stereocenters. The molecule has 2 heterocycles. The summed E-state index contributed by atoms with van der Waals surface area (Å²) < 4.78 is 7.38. The smallest absolute Gasteiger partial charge is 0.357 e. The Balaban J connectivity index is 1.37. The Bertz CT molecular complexity index is 1480. The highest BCUT2D eigenvalue weighted by Crippen LogP contribution is 2.45. The molecular formula is C27H25N5O4. The third kappa shape index (κ3) is 4.08. The van der Waals surface area contributed by atoms with E-state index in [9.17, 15) is 14.4 Å². The maximum absolute atomic E-state index is 12.7. The summed E-state index contributed by atoms with van der Waals surface area (Å²) in [7, 11) is 0. The number of nitrogens with two attached hydrogens (primary N) is 1. The number of fused-ring (bicyclic) bond motifs is 1. The van der Waals surface area contributed by atoms with Crippen LogP contribution in [0.25, 0.3) is 10.8 Å². The number of esters is 1. The Morgan fingerprint density at radius 2 is 1.78 bits per heavy atom. The number of imidazole rings is 1. The lowest BCUT2D eigenvalue weighted by Gasteiger charge is -2.44. The van der Waals surface area contributed by atoms with Gasteiger partial charge in [-0.25, -0.2) is 14.8 Å². The van der Waals surface area contributed by atoms with Gasteiger partial charge in [-0.3, -0.25) is 14.5 Å². The number of primary amides is 1. The van der Waals surface area contributed by atoms with Gasteiger partial charge in [0.2, 0.25) is 5.91 Å². The molecule has 0 radical (unpaired) electrons. The lowest BCUT2D eigenvalue weighted by molar-refractivity contribution is -0.152. The normalized spacial score (nSPS) is 18.9. The molecule has 0 aliphatic heterocycles. The van der Waals surface area contributed by atoms with Crippen LogP contribution in [0.4, 0.5) is 11.5 Å². The summed E-state index contributed by atoms with van der Waals surface area (Å²) in [5.41, 5.74) is 5.73. The number of carbonyl (C=O) groups excluding carboxylic acids is 3. The first kappa shape index (κ1) is 23.2. The Labute approximate surface area is 207 Å². The lowest BCUT2D eigenvalue weighted by atomic mass is 9.74. The predicted octanol–water partition coefficient (Wildman–Crippen LogP) is 3.84. The van der Waals surface area contributed by atoms with Crippen molar-refractivity contribution in [2.45, 2.75) is 38.3 Å². The molecule has 36 heavy (non-hydrogen) atoms. The fraction of sp³-hybridized carbons (Fsp3) is 0.222. The molecule has 182 valence electrons. The van der Waals surface area contributed by atoms with E-state index in [0.717, 1.165) is 16.5 Å². The molecule has 2 aromatic carbocycles. The predicted molar refractivity (Wildman–Crippen MR) is 134 cm³/mol. The van der Waals surface area contributed by atoms with E-state index in [1.165, 1.54) is 13.0 Å². The Hall–Kier alpha value is -4.53. The first-order valence-corrected chi connectivity index (χ1v) is 11.6. The monoisotopic (exact) mass is 483 g/mol. The number of carbonyl (C=O) groups is 3. The molecule has 0 saturated heterocycles. The summed E-state index contributed by atoms with van der Waals surface area (Å²) in [6.07, 6.45) is 3.76. The summed E-state index contributed by atoms with van der Waals surface area (Å²) in [5.74, 6) is -1.13. The number of ether oxygens (including phenoxy) is 1. The van der Waals surface area contributed by atoms with Crippen molar-refractivity contribution in [2.75, 3.05) is 4.90 Å². The lowest BCUT2D eigenvalue weighted by Crippen LogP contribution is -2.57. The van der Waals surface area contributed by atoms with Gasteiger partial charge in [0, 0.05) is 43.1 Å². The molecule has 2 amide bonds. The summed E-state index contributed by atoms with van der Waals surface area (Å²) in [5, 5.41) is 1.94. The SMILES string of the molecule is CC(=O)N(c1cn(C2CC(OC(=O)c3cccc(C)n3)(C(N)=O)C2)cn1)c1cccc2ccccc12. The van der Waals surface area contributed by atoms with Crippen LogP contribution >= 0.6 is 0 Å². The zero-order chi connectivity index (χ0) is 25.4. The highest BCUT2D eigenvalue weighted by atomic mass is 16.6. The van der Waals surface area contributed by atoms with Crippen LogP contribution in [0, 0.1) is 6.92 Å². The average molecular weight is 484 g/mol. The van der Waals surface area contributed by atoms with E-state index >= 15 is 0 Å².